The summed E-state index contributed by atoms with van der Waals surface area (Å²) in [7, 11) is 0. The maximum Gasteiger partial charge on any atom is 0.416 e. The first-order valence-corrected chi connectivity index (χ1v) is 8.73. The minimum Gasteiger partial charge on any atom is -0.368 e. The molecule has 0 bridgehead atoms. The number of anilines is 2. The van der Waals surface area contributed by atoms with E-state index in [1.54, 1.807) is 44.2 Å². The van der Waals surface area contributed by atoms with Crippen LogP contribution in [-0.2, 0) is 6.18 Å². The largest absolute Gasteiger partial charge is 0.416 e. The predicted octanol–water partition coefficient (Wildman–Crippen LogP) is 5.29. The Morgan fingerprint density at radius 3 is 2.08 bits per heavy atom. The van der Waals surface area contributed by atoms with Gasteiger partial charge >= 0.3 is 6.18 Å². The topological polar surface area (TPSA) is 6.48 Å². The Morgan fingerprint density at radius 2 is 1.50 bits per heavy atom. The summed E-state index contributed by atoms with van der Waals surface area (Å²) in [4.78, 5) is 3.86. The highest BCUT2D eigenvalue weighted by atomic mass is 19.4. The lowest BCUT2D eigenvalue weighted by atomic mass is 9.96. The molecule has 2 aromatic rings. The second kappa shape index (κ2) is 7.17. The zero-order valence-electron chi connectivity index (χ0n) is 14.9. The lowest BCUT2D eigenvalue weighted by Crippen LogP contribution is -2.46. The number of halogens is 4. The summed E-state index contributed by atoms with van der Waals surface area (Å²) in [6.45, 7) is 5.75. The average Bonchev–Trinajstić information content (AvgIpc) is 2.61. The van der Waals surface area contributed by atoms with Crippen molar-refractivity contribution in [3.8, 4) is 0 Å². The van der Waals surface area contributed by atoms with E-state index >= 15 is 0 Å². The SMILES string of the molecule is CC(C)c1ccc(N2CCN(c3ccccc3F)CC2)cc1C(F)(F)F. The van der Waals surface area contributed by atoms with Gasteiger partial charge in [-0.15, -0.1) is 0 Å². The highest BCUT2D eigenvalue weighted by Crippen LogP contribution is 2.37. The van der Waals surface area contributed by atoms with Crippen LogP contribution in [0.15, 0.2) is 42.5 Å². The monoisotopic (exact) mass is 366 g/mol. The number of hydrogen-bond donors (Lipinski definition) is 0. The molecule has 6 heteroatoms. The van der Waals surface area contributed by atoms with Crippen molar-refractivity contribution < 1.29 is 17.6 Å². The van der Waals surface area contributed by atoms with Crippen molar-refractivity contribution in [2.24, 2.45) is 0 Å². The van der Waals surface area contributed by atoms with Crippen molar-refractivity contribution in [3.63, 3.8) is 0 Å². The molecule has 140 valence electrons. The Morgan fingerprint density at radius 1 is 0.885 bits per heavy atom. The molecule has 1 fully saturated rings. The van der Waals surface area contributed by atoms with Gasteiger partial charge in [-0.2, -0.15) is 13.2 Å². The molecule has 2 nitrogen and oxygen atoms in total. The van der Waals surface area contributed by atoms with Crippen LogP contribution in [0.5, 0.6) is 0 Å². The van der Waals surface area contributed by atoms with Crippen LogP contribution in [0.1, 0.15) is 30.9 Å². The van der Waals surface area contributed by atoms with E-state index in [1.807, 2.05) is 9.80 Å². The van der Waals surface area contributed by atoms with E-state index < -0.39 is 11.7 Å². The maximum atomic E-state index is 13.9. The van der Waals surface area contributed by atoms with E-state index in [4.69, 9.17) is 0 Å². The smallest absolute Gasteiger partial charge is 0.368 e. The number of nitrogens with zero attached hydrogens (tertiary/aromatic N) is 2. The van der Waals surface area contributed by atoms with E-state index in [-0.39, 0.29) is 11.7 Å². The molecule has 1 heterocycles. The normalized spacial score (nSPS) is 15.7. The molecule has 0 aliphatic carbocycles. The first kappa shape index (κ1) is 18.5. The van der Waals surface area contributed by atoms with E-state index in [1.165, 1.54) is 12.1 Å². The third kappa shape index (κ3) is 3.79. The van der Waals surface area contributed by atoms with Gasteiger partial charge in [-0.3, -0.25) is 0 Å². The van der Waals surface area contributed by atoms with Crippen LogP contribution in [0.3, 0.4) is 0 Å². The van der Waals surface area contributed by atoms with Crippen molar-refractivity contribution in [2.45, 2.75) is 25.9 Å². The van der Waals surface area contributed by atoms with Crippen LogP contribution >= 0.6 is 0 Å². The Labute approximate surface area is 151 Å². The molecule has 0 atom stereocenters. The van der Waals surface area contributed by atoms with Gasteiger partial charge in [0.2, 0.25) is 0 Å². The van der Waals surface area contributed by atoms with Crippen LogP contribution in [0.25, 0.3) is 0 Å². The molecule has 0 amide bonds. The van der Waals surface area contributed by atoms with Gasteiger partial charge in [0.1, 0.15) is 5.82 Å². The first-order chi connectivity index (χ1) is 12.3. The predicted molar refractivity (Wildman–Crippen MR) is 96.4 cm³/mol. The standard InChI is InChI=1S/C20H22F4N2/c1-14(2)16-8-7-15(13-17(16)20(22,23)24)25-9-11-26(12-10-25)19-6-4-3-5-18(19)21/h3-8,13-14H,9-12H2,1-2H3. The third-order valence-corrected chi connectivity index (χ3v) is 4.80. The van der Waals surface area contributed by atoms with E-state index in [0.717, 1.165) is 0 Å². The number of hydrogen-bond acceptors (Lipinski definition) is 2. The minimum absolute atomic E-state index is 0.196. The molecule has 0 saturated carbocycles. The van der Waals surface area contributed by atoms with E-state index in [0.29, 0.717) is 43.1 Å². The summed E-state index contributed by atoms with van der Waals surface area (Å²) in [6, 6.07) is 11.1. The zero-order chi connectivity index (χ0) is 18.9. The fraction of sp³-hybridized carbons (Fsp3) is 0.400. The minimum atomic E-state index is -4.37. The van der Waals surface area contributed by atoms with Gasteiger partial charge in [-0.1, -0.05) is 32.0 Å². The third-order valence-electron chi connectivity index (χ3n) is 4.80. The Hall–Kier alpha value is -2.24. The number of benzene rings is 2. The highest BCUT2D eigenvalue weighted by Gasteiger charge is 2.34. The van der Waals surface area contributed by atoms with E-state index in [2.05, 4.69) is 0 Å². The number of rotatable bonds is 3. The molecule has 2 aromatic carbocycles. The Balaban J connectivity index is 1.78. The van der Waals surface area contributed by atoms with Crippen LogP contribution in [0.2, 0.25) is 0 Å². The molecule has 0 aromatic heterocycles. The summed E-state index contributed by atoms with van der Waals surface area (Å²) < 4.78 is 54.2. The molecule has 1 aliphatic heterocycles. The quantitative estimate of drug-likeness (QED) is 0.681. The van der Waals surface area contributed by atoms with Crippen LogP contribution in [-0.4, -0.2) is 26.2 Å². The lowest BCUT2D eigenvalue weighted by molar-refractivity contribution is -0.138. The van der Waals surface area contributed by atoms with Gasteiger partial charge in [0.15, 0.2) is 0 Å². The summed E-state index contributed by atoms with van der Waals surface area (Å²) >= 11 is 0. The van der Waals surface area contributed by atoms with Gasteiger partial charge in [0, 0.05) is 31.9 Å². The summed E-state index contributed by atoms with van der Waals surface area (Å²) in [5.41, 5.74) is 0.848. The molecule has 26 heavy (non-hydrogen) atoms. The Bertz CT molecular complexity index is 763. The van der Waals surface area contributed by atoms with E-state index in [9.17, 15) is 17.6 Å². The molecule has 0 unspecified atom stereocenters. The van der Waals surface area contributed by atoms with Gasteiger partial charge in [0.25, 0.3) is 0 Å². The second-order valence-electron chi connectivity index (χ2n) is 6.85. The van der Waals surface area contributed by atoms with Crippen LogP contribution < -0.4 is 9.80 Å². The molecular formula is C20H22F4N2. The molecule has 1 aliphatic rings. The van der Waals surface area contributed by atoms with Crippen molar-refractivity contribution in [1.82, 2.24) is 0 Å². The first-order valence-electron chi connectivity index (χ1n) is 8.73. The van der Waals surface area contributed by atoms with Crippen molar-refractivity contribution in [2.75, 3.05) is 36.0 Å². The molecule has 1 saturated heterocycles. The fourth-order valence-electron chi connectivity index (χ4n) is 3.40. The van der Waals surface area contributed by atoms with Gasteiger partial charge in [-0.05, 0) is 35.7 Å². The van der Waals surface area contributed by atoms with Crippen LogP contribution in [0, 0.1) is 5.82 Å². The molecule has 0 N–H and O–H groups in total. The average molecular weight is 366 g/mol. The van der Waals surface area contributed by atoms with Gasteiger partial charge < -0.3 is 9.80 Å². The van der Waals surface area contributed by atoms with Crippen molar-refractivity contribution in [1.29, 1.82) is 0 Å². The lowest BCUT2D eigenvalue weighted by Gasteiger charge is -2.37. The molecule has 0 radical (unpaired) electrons. The number of piperazine rings is 1. The second-order valence-corrected chi connectivity index (χ2v) is 6.85. The summed E-state index contributed by atoms with van der Waals surface area (Å²) in [6.07, 6.45) is -4.37. The van der Waals surface area contributed by atoms with Crippen LogP contribution in [0.4, 0.5) is 28.9 Å². The Kier molecular flexibility index (Phi) is 5.12. The number of alkyl halides is 3. The molecule has 3 rings (SSSR count). The summed E-state index contributed by atoms with van der Waals surface area (Å²) in [5.74, 6) is -0.472. The zero-order valence-corrected chi connectivity index (χ0v) is 14.9. The van der Waals surface area contributed by atoms with Crippen molar-refractivity contribution in [3.05, 3.63) is 59.4 Å². The molecular weight excluding hydrogens is 344 g/mol. The fourth-order valence-corrected chi connectivity index (χ4v) is 3.40. The van der Waals surface area contributed by atoms with Gasteiger partial charge in [0.05, 0.1) is 11.3 Å². The van der Waals surface area contributed by atoms with Gasteiger partial charge in [-0.25, -0.2) is 4.39 Å². The molecule has 0 spiro atoms. The van der Waals surface area contributed by atoms with Crippen molar-refractivity contribution >= 4 is 11.4 Å². The number of para-hydroxylation sites is 1. The summed E-state index contributed by atoms with van der Waals surface area (Å²) in [5, 5.41) is 0. The maximum absolute atomic E-state index is 13.9. The highest BCUT2D eigenvalue weighted by molar-refractivity contribution is 5.55.